The van der Waals surface area contributed by atoms with Crippen molar-refractivity contribution in [1.82, 2.24) is 0 Å². The lowest BCUT2D eigenvalue weighted by atomic mass is 9.90. The Morgan fingerprint density at radius 1 is 1.45 bits per heavy atom. The summed E-state index contributed by atoms with van der Waals surface area (Å²) in [6.45, 7) is 4.42. The van der Waals surface area contributed by atoms with Crippen molar-refractivity contribution in [1.29, 1.82) is 0 Å². The van der Waals surface area contributed by atoms with E-state index in [0.717, 1.165) is 12.8 Å². The van der Waals surface area contributed by atoms with Crippen LogP contribution in [0.25, 0.3) is 0 Å². The summed E-state index contributed by atoms with van der Waals surface area (Å²) in [5.74, 6) is 1.59. The smallest absolute Gasteiger partial charge is 0.309 e. The van der Waals surface area contributed by atoms with Gasteiger partial charge in [-0.2, -0.15) is 0 Å². The van der Waals surface area contributed by atoms with Crippen molar-refractivity contribution in [3.05, 3.63) is 0 Å². The maximum absolute atomic E-state index is 11.0. The second-order valence-corrected chi connectivity index (χ2v) is 4.05. The third-order valence-electron chi connectivity index (χ3n) is 3.01. The minimum Gasteiger partial charge on any atom is -0.462 e. The van der Waals surface area contributed by atoms with Crippen LogP contribution < -0.4 is 0 Å². The van der Waals surface area contributed by atoms with E-state index in [1.54, 1.807) is 0 Å². The summed E-state index contributed by atoms with van der Waals surface area (Å²) in [4.78, 5) is 11.0. The fraction of sp³-hybridized carbons (Fsp3) is 0.889. The molecule has 1 heterocycles. The Hall–Kier alpha value is -0.530. The molecule has 2 nitrogen and oxygen atoms in total. The van der Waals surface area contributed by atoms with Gasteiger partial charge in [0.1, 0.15) is 6.10 Å². The van der Waals surface area contributed by atoms with E-state index in [-0.39, 0.29) is 18.0 Å². The molecule has 3 atom stereocenters. The lowest BCUT2D eigenvalue weighted by Crippen LogP contribution is -2.27. The minimum absolute atomic E-state index is 0.0481. The predicted octanol–water partition coefficient (Wildman–Crippen LogP) is 1.59. The van der Waals surface area contributed by atoms with Crippen LogP contribution in [0.5, 0.6) is 0 Å². The Morgan fingerprint density at radius 2 is 2.18 bits per heavy atom. The molecule has 3 unspecified atom stereocenters. The van der Waals surface area contributed by atoms with E-state index in [0.29, 0.717) is 11.8 Å². The molecule has 1 saturated heterocycles. The van der Waals surface area contributed by atoms with E-state index >= 15 is 0 Å². The summed E-state index contributed by atoms with van der Waals surface area (Å²) < 4.78 is 5.20. The third kappa shape index (κ3) is 0.959. The van der Waals surface area contributed by atoms with Gasteiger partial charge >= 0.3 is 5.97 Å². The highest BCUT2D eigenvalue weighted by molar-refractivity contribution is 5.75. The van der Waals surface area contributed by atoms with Crippen molar-refractivity contribution in [2.45, 2.75) is 32.8 Å². The first-order valence-electron chi connectivity index (χ1n) is 4.39. The number of hydrogen-bond donors (Lipinski definition) is 0. The van der Waals surface area contributed by atoms with E-state index < -0.39 is 0 Å². The lowest BCUT2D eigenvalue weighted by Gasteiger charge is -2.24. The number of rotatable bonds is 1. The molecule has 2 rings (SSSR count). The van der Waals surface area contributed by atoms with Crippen molar-refractivity contribution in [2.24, 2.45) is 17.8 Å². The normalized spacial score (nSPS) is 41.7. The zero-order valence-corrected chi connectivity index (χ0v) is 7.04. The molecular formula is C9H14O2. The van der Waals surface area contributed by atoms with Gasteiger partial charge in [-0.05, 0) is 24.7 Å². The van der Waals surface area contributed by atoms with Crippen LogP contribution in [0.3, 0.4) is 0 Å². The maximum atomic E-state index is 11.0. The fourth-order valence-corrected chi connectivity index (χ4v) is 2.31. The average molecular weight is 154 g/mol. The van der Waals surface area contributed by atoms with Crippen LogP contribution in [0.4, 0.5) is 0 Å². The van der Waals surface area contributed by atoms with Crippen LogP contribution in [-0.2, 0) is 9.53 Å². The summed E-state index contributed by atoms with van der Waals surface area (Å²) >= 11 is 0. The molecule has 1 saturated carbocycles. The average Bonchev–Trinajstić information content (AvgIpc) is 2.43. The van der Waals surface area contributed by atoms with Crippen LogP contribution in [0.15, 0.2) is 0 Å². The molecule has 0 aromatic carbocycles. The second-order valence-electron chi connectivity index (χ2n) is 4.05. The SMILES string of the molecule is CC(C)C1CC2CC1OC2=O. The first kappa shape index (κ1) is 7.14. The molecule has 0 aromatic rings. The number of carbonyl (C=O) groups excluding carboxylic acids is 1. The second kappa shape index (κ2) is 2.23. The quantitative estimate of drug-likeness (QED) is 0.536. The Kier molecular flexibility index (Phi) is 1.44. The minimum atomic E-state index is 0.0481. The highest BCUT2D eigenvalue weighted by Gasteiger charge is 2.48. The molecule has 0 aromatic heterocycles. The monoisotopic (exact) mass is 154 g/mol. The number of ether oxygens (including phenoxy) is 1. The Balaban J connectivity index is 2.08. The standard InChI is InChI=1S/C9H14O2/c1-5(2)7-3-6-4-8(7)11-9(6)10/h5-8H,3-4H2,1-2H3. The van der Waals surface area contributed by atoms with Crippen molar-refractivity contribution in [3.8, 4) is 0 Å². The first-order valence-corrected chi connectivity index (χ1v) is 4.39. The highest BCUT2D eigenvalue weighted by Crippen LogP contribution is 2.43. The van der Waals surface area contributed by atoms with Gasteiger partial charge in [0.25, 0.3) is 0 Å². The van der Waals surface area contributed by atoms with Crippen molar-refractivity contribution < 1.29 is 9.53 Å². The van der Waals surface area contributed by atoms with Crippen molar-refractivity contribution >= 4 is 5.97 Å². The first-order chi connectivity index (χ1) is 5.18. The van der Waals surface area contributed by atoms with Gasteiger partial charge < -0.3 is 4.74 Å². The van der Waals surface area contributed by atoms with Gasteiger partial charge in [0.15, 0.2) is 0 Å². The van der Waals surface area contributed by atoms with E-state index in [9.17, 15) is 4.79 Å². The Morgan fingerprint density at radius 3 is 2.55 bits per heavy atom. The number of esters is 1. The van der Waals surface area contributed by atoms with Gasteiger partial charge in [0.05, 0.1) is 5.92 Å². The molecule has 62 valence electrons. The summed E-state index contributed by atoms with van der Waals surface area (Å²) in [5.41, 5.74) is 0. The highest BCUT2D eigenvalue weighted by atomic mass is 16.6. The molecule has 2 heteroatoms. The van der Waals surface area contributed by atoms with Gasteiger partial charge in [0, 0.05) is 0 Å². The molecule has 0 radical (unpaired) electrons. The van der Waals surface area contributed by atoms with Crippen LogP contribution in [0.2, 0.25) is 0 Å². The van der Waals surface area contributed by atoms with Gasteiger partial charge in [-0.25, -0.2) is 0 Å². The number of hydrogen-bond acceptors (Lipinski definition) is 2. The Bertz CT molecular complexity index is 186. The van der Waals surface area contributed by atoms with E-state index in [4.69, 9.17) is 4.74 Å². The van der Waals surface area contributed by atoms with Crippen LogP contribution in [0, 0.1) is 17.8 Å². The zero-order chi connectivity index (χ0) is 8.01. The number of fused-ring (bicyclic) bond motifs is 2. The summed E-state index contributed by atoms with van der Waals surface area (Å²) in [5, 5.41) is 0. The molecule has 2 aliphatic rings. The van der Waals surface area contributed by atoms with Crippen molar-refractivity contribution in [2.75, 3.05) is 0 Å². The molecule has 11 heavy (non-hydrogen) atoms. The van der Waals surface area contributed by atoms with Gasteiger partial charge in [0.2, 0.25) is 0 Å². The molecular weight excluding hydrogens is 140 g/mol. The fourth-order valence-electron chi connectivity index (χ4n) is 2.31. The maximum Gasteiger partial charge on any atom is 0.309 e. The van der Waals surface area contributed by atoms with Gasteiger partial charge in [-0.15, -0.1) is 0 Å². The Labute approximate surface area is 66.9 Å². The molecule has 0 amide bonds. The van der Waals surface area contributed by atoms with E-state index in [2.05, 4.69) is 13.8 Å². The molecule has 2 fully saturated rings. The van der Waals surface area contributed by atoms with Crippen molar-refractivity contribution in [3.63, 3.8) is 0 Å². The zero-order valence-electron chi connectivity index (χ0n) is 7.04. The summed E-state index contributed by atoms with van der Waals surface area (Å²) in [7, 11) is 0. The molecule has 2 bridgehead atoms. The molecule has 1 aliphatic heterocycles. The largest absolute Gasteiger partial charge is 0.462 e. The molecule has 1 aliphatic carbocycles. The summed E-state index contributed by atoms with van der Waals surface area (Å²) in [6, 6.07) is 0. The van der Waals surface area contributed by atoms with Crippen LogP contribution in [-0.4, -0.2) is 12.1 Å². The topological polar surface area (TPSA) is 26.3 Å². The van der Waals surface area contributed by atoms with E-state index in [1.807, 2.05) is 0 Å². The van der Waals surface area contributed by atoms with Crippen LogP contribution >= 0.6 is 0 Å². The molecule has 0 N–H and O–H groups in total. The summed E-state index contributed by atoms with van der Waals surface area (Å²) in [6.07, 6.45) is 2.32. The number of carbonyl (C=O) groups is 1. The third-order valence-corrected chi connectivity index (χ3v) is 3.01. The predicted molar refractivity (Wildman–Crippen MR) is 40.9 cm³/mol. The van der Waals surface area contributed by atoms with Gasteiger partial charge in [-0.3, -0.25) is 4.79 Å². The van der Waals surface area contributed by atoms with Crippen LogP contribution in [0.1, 0.15) is 26.7 Å². The molecule has 0 spiro atoms. The van der Waals surface area contributed by atoms with E-state index in [1.165, 1.54) is 0 Å². The van der Waals surface area contributed by atoms with Gasteiger partial charge in [-0.1, -0.05) is 13.8 Å². The lowest BCUT2D eigenvalue weighted by molar-refractivity contribution is -0.151.